The van der Waals surface area contributed by atoms with E-state index in [1.807, 2.05) is 48.5 Å². The van der Waals surface area contributed by atoms with Gasteiger partial charge in [-0.1, -0.05) is 66.7 Å². The molecule has 0 heterocycles. The summed E-state index contributed by atoms with van der Waals surface area (Å²) in [7, 11) is -2.33. The zero-order valence-corrected chi connectivity index (χ0v) is 23.8. The maximum atomic E-state index is 13.3. The van der Waals surface area contributed by atoms with Crippen molar-refractivity contribution in [3.05, 3.63) is 90.0 Å². The van der Waals surface area contributed by atoms with Crippen LogP contribution < -0.4 is 5.32 Å². The largest absolute Gasteiger partial charge is 0.481 e. The molecule has 0 aliphatic rings. The summed E-state index contributed by atoms with van der Waals surface area (Å²) in [6, 6.07) is 24.5. The second kappa shape index (κ2) is 13.8. The van der Waals surface area contributed by atoms with Crippen molar-refractivity contribution in [1.29, 1.82) is 0 Å². The number of nitrogens with zero attached hydrogens (tertiary/aromatic N) is 1. The van der Waals surface area contributed by atoms with Crippen molar-refractivity contribution in [2.24, 2.45) is 0 Å². The van der Waals surface area contributed by atoms with Gasteiger partial charge < -0.3 is 15.5 Å². The van der Waals surface area contributed by atoms with E-state index >= 15 is 0 Å². The first-order valence-electron chi connectivity index (χ1n) is 13.3. The van der Waals surface area contributed by atoms with Crippen molar-refractivity contribution >= 4 is 16.0 Å². The number of sulfonamides is 1. The van der Waals surface area contributed by atoms with Gasteiger partial charge >= 0.3 is 5.97 Å². The first-order chi connectivity index (χ1) is 18.5. The minimum absolute atomic E-state index is 0.0298. The summed E-state index contributed by atoms with van der Waals surface area (Å²) in [6.07, 6.45) is 2.57. The molecular formula is C31H40N2O5S. The Morgan fingerprint density at radius 1 is 0.923 bits per heavy atom. The molecule has 3 aromatic rings. The lowest BCUT2D eigenvalue weighted by atomic mass is 9.95. The number of aryl methyl sites for hydroxylation is 2. The van der Waals surface area contributed by atoms with Gasteiger partial charge in [0.05, 0.1) is 11.0 Å². The lowest BCUT2D eigenvalue weighted by molar-refractivity contribution is -0.136. The molecule has 3 N–H and O–H groups in total. The summed E-state index contributed by atoms with van der Waals surface area (Å²) >= 11 is 0. The zero-order valence-electron chi connectivity index (χ0n) is 23.0. The molecule has 210 valence electrons. The maximum absolute atomic E-state index is 13.3. The number of benzene rings is 3. The molecule has 0 aliphatic carbocycles. The van der Waals surface area contributed by atoms with Crippen LogP contribution >= 0.6 is 0 Å². The SMILES string of the molecule is CN(CC(O)CNC(C)(C)CCCc1ccccc1)S(=O)(=O)c1cccc(-c2ccc(CCC(=O)O)cc2)c1. The first kappa shape index (κ1) is 30.5. The Balaban J connectivity index is 1.54. The Morgan fingerprint density at radius 2 is 1.59 bits per heavy atom. The highest BCUT2D eigenvalue weighted by molar-refractivity contribution is 7.89. The predicted molar refractivity (Wildman–Crippen MR) is 155 cm³/mol. The first-order valence-corrected chi connectivity index (χ1v) is 14.7. The minimum atomic E-state index is -3.81. The highest BCUT2D eigenvalue weighted by Gasteiger charge is 2.25. The highest BCUT2D eigenvalue weighted by atomic mass is 32.2. The van der Waals surface area contributed by atoms with Crippen LogP contribution in [0.5, 0.6) is 0 Å². The van der Waals surface area contributed by atoms with Gasteiger partial charge in [-0.25, -0.2) is 8.42 Å². The fourth-order valence-corrected chi connectivity index (χ4v) is 5.71. The maximum Gasteiger partial charge on any atom is 0.303 e. The highest BCUT2D eigenvalue weighted by Crippen LogP contribution is 2.25. The van der Waals surface area contributed by atoms with Gasteiger partial charge in [0.1, 0.15) is 0 Å². The van der Waals surface area contributed by atoms with E-state index in [-0.39, 0.29) is 29.9 Å². The van der Waals surface area contributed by atoms with Crippen LogP contribution in [0.1, 0.15) is 44.2 Å². The molecule has 7 nitrogen and oxygen atoms in total. The molecule has 1 atom stereocenters. The molecule has 1 unspecified atom stereocenters. The van der Waals surface area contributed by atoms with E-state index in [0.717, 1.165) is 36.0 Å². The average molecular weight is 553 g/mol. The number of carbonyl (C=O) groups is 1. The van der Waals surface area contributed by atoms with Crippen molar-refractivity contribution in [2.45, 2.75) is 62.5 Å². The third-order valence-electron chi connectivity index (χ3n) is 6.85. The Hall–Kier alpha value is -3.04. The molecule has 0 fully saturated rings. The van der Waals surface area contributed by atoms with Crippen LogP contribution in [-0.4, -0.2) is 60.7 Å². The number of carboxylic acids is 1. The van der Waals surface area contributed by atoms with Crippen molar-refractivity contribution < 1.29 is 23.4 Å². The van der Waals surface area contributed by atoms with Crippen molar-refractivity contribution in [3.63, 3.8) is 0 Å². The van der Waals surface area contributed by atoms with Crippen molar-refractivity contribution in [1.82, 2.24) is 9.62 Å². The molecular weight excluding hydrogens is 512 g/mol. The van der Waals surface area contributed by atoms with E-state index in [9.17, 15) is 18.3 Å². The minimum Gasteiger partial charge on any atom is -0.481 e. The number of hydrogen-bond acceptors (Lipinski definition) is 5. The van der Waals surface area contributed by atoms with Gasteiger partial charge in [0.2, 0.25) is 10.0 Å². The molecule has 0 aliphatic heterocycles. The van der Waals surface area contributed by atoms with Gasteiger partial charge in [0.25, 0.3) is 0 Å². The topological polar surface area (TPSA) is 107 Å². The van der Waals surface area contributed by atoms with E-state index in [0.29, 0.717) is 6.42 Å². The predicted octanol–water partition coefficient (Wildman–Crippen LogP) is 4.74. The second-order valence-corrected chi connectivity index (χ2v) is 12.7. The van der Waals surface area contributed by atoms with E-state index in [1.54, 1.807) is 18.2 Å². The number of aliphatic carboxylic acids is 1. The monoisotopic (exact) mass is 552 g/mol. The summed E-state index contributed by atoms with van der Waals surface area (Å²) in [5.74, 6) is -0.843. The van der Waals surface area contributed by atoms with E-state index < -0.39 is 22.1 Å². The lowest BCUT2D eigenvalue weighted by Gasteiger charge is -2.29. The van der Waals surface area contributed by atoms with Crippen LogP contribution in [0.15, 0.2) is 83.8 Å². The summed E-state index contributed by atoms with van der Waals surface area (Å²) < 4.78 is 27.7. The second-order valence-electron chi connectivity index (χ2n) is 10.7. The number of likely N-dealkylation sites (N-methyl/N-ethyl adjacent to an activating group) is 1. The quantitative estimate of drug-likeness (QED) is 0.251. The summed E-state index contributed by atoms with van der Waals surface area (Å²) in [5.41, 5.74) is 3.61. The molecule has 0 spiro atoms. The Bertz CT molecular complexity index is 1310. The van der Waals surface area contributed by atoms with Gasteiger partial charge in [-0.15, -0.1) is 0 Å². The number of rotatable bonds is 15. The number of β-amino-alcohol motifs (C(OH)–C–C–N with tert-alkyl or cyclic N) is 1. The molecule has 3 aromatic carbocycles. The number of aliphatic hydroxyl groups excluding tert-OH is 1. The molecule has 39 heavy (non-hydrogen) atoms. The molecule has 3 rings (SSSR count). The van der Waals surface area contributed by atoms with Gasteiger partial charge in [0.15, 0.2) is 0 Å². The molecule has 0 bridgehead atoms. The van der Waals surface area contributed by atoms with Crippen LogP contribution in [0.25, 0.3) is 11.1 Å². The van der Waals surface area contributed by atoms with Gasteiger partial charge in [-0.3, -0.25) is 4.79 Å². The summed E-state index contributed by atoms with van der Waals surface area (Å²) in [6.45, 7) is 4.44. The normalized spacial score (nSPS) is 12.9. The fraction of sp³-hybridized carbons (Fsp3) is 0.387. The van der Waals surface area contributed by atoms with Crippen molar-refractivity contribution in [2.75, 3.05) is 20.1 Å². The molecule has 0 saturated carbocycles. The molecule has 0 saturated heterocycles. The average Bonchev–Trinajstić information content (AvgIpc) is 2.91. The third-order valence-corrected chi connectivity index (χ3v) is 8.67. The molecule has 8 heteroatoms. The Morgan fingerprint density at radius 3 is 2.26 bits per heavy atom. The fourth-order valence-electron chi connectivity index (χ4n) is 4.45. The van der Waals surface area contributed by atoms with Crippen LogP contribution in [-0.2, 0) is 27.7 Å². The van der Waals surface area contributed by atoms with Gasteiger partial charge in [-0.05, 0) is 73.9 Å². The van der Waals surface area contributed by atoms with Gasteiger partial charge in [0, 0.05) is 32.1 Å². The number of carboxylic acid groups (broad SMARTS) is 1. The third kappa shape index (κ3) is 9.58. The van der Waals surface area contributed by atoms with Gasteiger partial charge in [-0.2, -0.15) is 4.31 Å². The Kier molecular flexibility index (Phi) is 10.8. The zero-order chi connectivity index (χ0) is 28.5. The number of aliphatic hydroxyl groups is 1. The number of nitrogens with one attached hydrogen (secondary N) is 1. The molecule has 0 aromatic heterocycles. The standard InChI is InChI=1S/C31H40N2O5S/c1-31(2,20-8-11-24-9-5-4-6-10-24)32-22-28(34)23-33(3)39(37,38)29-13-7-12-27(21-29)26-17-14-25(15-18-26)16-19-30(35)36/h4-7,9-10,12-15,17-18,21,28,32,34H,8,11,16,19-20,22-23H2,1-3H3,(H,35,36). The lowest BCUT2D eigenvalue weighted by Crippen LogP contribution is -2.46. The van der Waals surface area contributed by atoms with Crippen LogP contribution in [0.3, 0.4) is 0 Å². The van der Waals surface area contributed by atoms with Crippen LogP contribution in [0.2, 0.25) is 0 Å². The molecule has 0 amide bonds. The van der Waals surface area contributed by atoms with Crippen LogP contribution in [0, 0.1) is 0 Å². The van der Waals surface area contributed by atoms with Crippen molar-refractivity contribution in [3.8, 4) is 11.1 Å². The van der Waals surface area contributed by atoms with Crippen LogP contribution in [0.4, 0.5) is 0 Å². The number of hydrogen-bond donors (Lipinski definition) is 3. The Labute approximate surface area is 232 Å². The van der Waals surface area contributed by atoms with E-state index in [4.69, 9.17) is 5.11 Å². The smallest absolute Gasteiger partial charge is 0.303 e. The summed E-state index contributed by atoms with van der Waals surface area (Å²) in [5, 5.41) is 22.9. The van der Waals surface area contributed by atoms with E-state index in [2.05, 4.69) is 31.3 Å². The summed E-state index contributed by atoms with van der Waals surface area (Å²) in [4.78, 5) is 10.9. The molecule has 0 radical (unpaired) electrons. The van der Waals surface area contributed by atoms with E-state index in [1.165, 1.54) is 16.9 Å².